The lowest BCUT2D eigenvalue weighted by Crippen LogP contribution is -2.50. The van der Waals surface area contributed by atoms with Crippen molar-refractivity contribution in [2.45, 2.75) is 12.0 Å². The van der Waals surface area contributed by atoms with Gasteiger partial charge in [-0.1, -0.05) is 0 Å². The van der Waals surface area contributed by atoms with Gasteiger partial charge in [-0.15, -0.1) is 0 Å². The first-order chi connectivity index (χ1) is 8.33. The van der Waals surface area contributed by atoms with Crippen molar-refractivity contribution >= 4 is 6.09 Å². The van der Waals surface area contributed by atoms with Gasteiger partial charge in [0.1, 0.15) is 11.9 Å². The van der Waals surface area contributed by atoms with Crippen LogP contribution in [-0.2, 0) is 4.74 Å². The molecule has 0 bridgehead atoms. The maximum absolute atomic E-state index is 13.4. The van der Waals surface area contributed by atoms with Crippen LogP contribution in [0.5, 0.6) is 0 Å². The Balaban J connectivity index is 2.52. The van der Waals surface area contributed by atoms with Crippen molar-refractivity contribution in [2.24, 2.45) is 0 Å². The molecule has 1 saturated heterocycles. The predicted molar refractivity (Wildman–Crippen MR) is 48.5 cm³/mol. The van der Waals surface area contributed by atoms with E-state index in [0.717, 1.165) is 0 Å². The standard InChI is InChI=1S/C10H6F5NO2/c11-4-1-2-5(12)7(13)6(4)8-10(14,15)3-18-9(17)16-8/h1-2,8H,3H2,(H,16,17)/t8-/m1/s1. The summed E-state index contributed by atoms with van der Waals surface area (Å²) in [7, 11) is 0. The van der Waals surface area contributed by atoms with Crippen LogP contribution >= 0.6 is 0 Å². The summed E-state index contributed by atoms with van der Waals surface area (Å²) in [5, 5.41) is 1.57. The number of ether oxygens (including phenoxy) is 1. The SMILES string of the molecule is O=C1N[C@H](c2c(F)ccc(F)c2F)C(F)(F)CO1. The Morgan fingerprint density at radius 1 is 1.22 bits per heavy atom. The Labute approximate surface area is 97.5 Å². The number of hydrogen-bond acceptors (Lipinski definition) is 2. The molecular formula is C10H6F5NO2. The summed E-state index contributed by atoms with van der Waals surface area (Å²) in [5.41, 5.74) is -1.23. The number of carbonyl (C=O) groups is 1. The van der Waals surface area contributed by atoms with Gasteiger partial charge in [0.05, 0.1) is 5.56 Å². The Morgan fingerprint density at radius 3 is 2.50 bits per heavy atom. The third-order valence-corrected chi connectivity index (χ3v) is 2.45. The number of cyclic esters (lactones) is 1. The lowest BCUT2D eigenvalue weighted by molar-refractivity contribution is -0.105. The van der Waals surface area contributed by atoms with Gasteiger partial charge >= 0.3 is 12.0 Å². The highest BCUT2D eigenvalue weighted by Crippen LogP contribution is 2.37. The van der Waals surface area contributed by atoms with Crippen LogP contribution in [0.2, 0.25) is 0 Å². The molecule has 98 valence electrons. The van der Waals surface area contributed by atoms with Crippen LogP contribution in [0.4, 0.5) is 26.7 Å². The van der Waals surface area contributed by atoms with Crippen LogP contribution in [0.25, 0.3) is 0 Å². The quantitative estimate of drug-likeness (QED) is 0.627. The van der Waals surface area contributed by atoms with Crippen molar-refractivity contribution in [2.75, 3.05) is 6.61 Å². The third-order valence-electron chi connectivity index (χ3n) is 2.45. The highest BCUT2D eigenvalue weighted by Gasteiger charge is 2.49. The molecule has 18 heavy (non-hydrogen) atoms. The number of carbonyl (C=O) groups excluding carboxylic acids is 1. The second kappa shape index (κ2) is 4.11. The molecule has 1 amide bonds. The molecule has 1 heterocycles. The van der Waals surface area contributed by atoms with E-state index in [1.54, 1.807) is 5.32 Å². The van der Waals surface area contributed by atoms with Gasteiger partial charge in [-0.25, -0.2) is 26.7 Å². The average molecular weight is 267 g/mol. The molecule has 0 saturated carbocycles. The second-order valence-electron chi connectivity index (χ2n) is 3.67. The van der Waals surface area contributed by atoms with Crippen LogP contribution in [-0.4, -0.2) is 18.6 Å². The monoisotopic (exact) mass is 267 g/mol. The van der Waals surface area contributed by atoms with Gasteiger partial charge in [0.25, 0.3) is 0 Å². The van der Waals surface area contributed by atoms with Crippen LogP contribution < -0.4 is 5.32 Å². The van der Waals surface area contributed by atoms with Crippen molar-refractivity contribution in [3.8, 4) is 0 Å². The molecule has 1 aliphatic rings. The number of halogens is 5. The summed E-state index contributed by atoms with van der Waals surface area (Å²) >= 11 is 0. The molecule has 1 N–H and O–H groups in total. The molecule has 8 heteroatoms. The second-order valence-corrected chi connectivity index (χ2v) is 3.67. The Kier molecular flexibility index (Phi) is 2.88. The fourth-order valence-corrected chi connectivity index (χ4v) is 1.60. The van der Waals surface area contributed by atoms with Gasteiger partial charge < -0.3 is 10.1 Å². The largest absolute Gasteiger partial charge is 0.443 e. The number of alkyl halides is 2. The summed E-state index contributed by atoms with van der Waals surface area (Å²) < 4.78 is 70.5. The van der Waals surface area contributed by atoms with E-state index in [1.165, 1.54) is 0 Å². The molecule has 1 fully saturated rings. The summed E-state index contributed by atoms with van der Waals surface area (Å²) in [6, 6.07) is -1.34. The number of benzene rings is 1. The predicted octanol–water partition coefficient (Wildman–Crippen LogP) is 2.52. The molecule has 0 aliphatic carbocycles. The van der Waals surface area contributed by atoms with E-state index < -0.39 is 47.7 Å². The minimum absolute atomic E-state index is 0.466. The minimum atomic E-state index is -3.75. The average Bonchev–Trinajstić information content (AvgIpc) is 2.29. The molecule has 2 rings (SSSR count). The number of alkyl carbamates (subject to hydrolysis) is 1. The normalized spacial score (nSPS) is 22.3. The molecule has 1 atom stereocenters. The van der Waals surface area contributed by atoms with E-state index in [9.17, 15) is 26.7 Å². The van der Waals surface area contributed by atoms with E-state index >= 15 is 0 Å². The lowest BCUT2D eigenvalue weighted by atomic mass is 9.98. The number of nitrogens with one attached hydrogen (secondary N) is 1. The van der Waals surface area contributed by atoms with Crippen LogP contribution in [0, 0.1) is 17.5 Å². The smallest absolute Gasteiger partial charge is 0.408 e. The van der Waals surface area contributed by atoms with Crippen molar-refractivity contribution in [1.29, 1.82) is 0 Å². The fraction of sp³-hybridized carbons (Fsp3) is 0.300. The number of hydrogen-bond donors (Lipinski definition) is 1. The number of rotatable bonds is 1. The van der Waals surface area contributed by atoms with Gasteiger partial charge in [0.15, 0.2) is 18.2 Å². The maximum atomic E-state index is 13.4. The molecule has 1 aliphatic heterocycles. The van der Waals surface area contributed by atoms with Crippen molar-refractivity contribution < 1.29 is 31.5 Å². The van der Waals surface area contributed by atoms with Gasteiger partial charge in [0.2, 0.25) is 0 Å². The highest BCUT2D eigenvalue weighted by atomic mass is 19.3. The van der Waals surface area contributed by atoms with Gasteiger partial charge in [-0.3, -0.25) is 0 Å². The molecule has 0 aromatic heterocycles. The van der Waals surface area contributed by atoms with E-state index in [1.807, 2.05) is 0 Å². The van der Waals surface area contributed by atoms with E-state index in [2.05, 4.69) is 4.74 Å². The molecule has 1 aromatic rings. The minimum Gasteiger partial charge on any atom is -0.443 e. The molecule has 0 radical (unpaired) electrons. The summed E-state index contributed by atoms with van der Waals surface area (Å²) in [6.45, 7) is -1.33. The topological polar surface area (TPSA) is 38.3 Å². The molecular weight excluding hydrogens is 261 g/mol. The lowest BCUT2D eigenvalue weighted by Gasteiger charge is -2.32. The summed E-state index contributed by atoms with van der Waals surface area (Å²) in [4.78, 5) is 10.8. The van der Waals surface area contributed by atoms with Crippen molar-refractivity contribution in [1.82, 2.24) is 5.32 Å². The highest BCUT2D eigenvalue weighted by molar-refractivity contribution is 5.69. The Bertz CT molecular complexity index is 505. The summed E-state index contributed by atoms with van der Waals surface area (Å²) in [6.07, 6.45) is -1.26. The Morgan fingerprint density at radius 2 is 1.83 bits per heavy atom. The van der Waals surface area contributed by atoms with E-state index in [0.29, 0.717) is 12.1 Å². The molecule has 0 spiro atoms. The van der Waals surface area contributed by atoms with Gasteiger partial charge in [-0.05, 0) is 12.1 Å². The number of amides is 1. The Hall–Kier alpha value is -1.86. The van der Waals surface area contributed by atoms with Gasteiger partial charge in [0, 0.05) is 0 Å². The van der Waals surface area contributed by atoms with Crippen LogP contribution in [0.1, 0.15) is 11.6 Å². The fourth-order valence-electron chi connectivity index (χ4n) is 1.60. The van der Waals surface area contributed by atoms with Crippen LogP contribution in [0.15, 0.2) is 12.1 Å². The molecule has 0 unspecified atom stereocenters. The third kappa shape index (κ3) is 1.98. The van der Waals surface area contributed by atoms with E-state index in [4.69, 9.17) is 0 Å². The van der Waals surface area contributed by atoms with Crippen molar-refractivity contribution in [3.63, 3.8) is 0 Å². The first-order valence-electron chi connectivity index (χ1n) is 4.77. The molecule has 1 aromatic carbocycles. The molecule has 3 nitrogen and oxygen atoms in total. The first kappa shape index (κ1) is 12.6. The van der Waals surface area contributed by atoms with Crippen molar-refractivity contribution in [3.05, 3.63) is 35.1 Å². The van der Waals surface area contributed by atoms with E-state index in [-0.39, 0.29) is 0 Å². The van der Waals surface area contributed by atoms with Crippen LogP contribution in [0.3, 0.4) is 0 Å². The zero-order chi connectivity index (χ0) is 13.5. The zero-order valence-corrected chi connectivity index (χ0v) is 8.65. The first-order valence-corrected chi connectivity index (χ1v) is 4.77. The zero-order valence-electron chi connectivity index (χ0n) is 8.65. The maximum Gasteiger partial charge on any atom is 0.408 e. The van der Waals surface area contributed by atoms with Gasteiger partial charge in [-0.2, -0.15) is 0 Å². The summed E-state index contributed by atoms with van der Waals surface area (Å²) in [5.74, 6) is -8.37.